The summed E-state index contributed by atoms with van der Waals surface area (Å²) in [5, 5.41) is 0. The molecule has 5 heteroatoms. The van der Waals surface area contributed by atoms with Gasteiger partial charge in [0.1, 0.15) is 6.10 Å². The van der Waals surface area contributed by atoms with Crippen molar-refractivity contribution in [1.29, 1.82) is 0 Å². The molecule has 2 N–H and O–H groups in total. The second-order valence-corrected chi connectivity index (χ2v) is 6.83. The highest BCUT2D eigenvalue weighted by Gasteiger charge is 2.27. The van der Waals surface area contributed by atoms with Crippen molar-refractivity contribution in [1.82, 2.24) is 0 Å². The zero-order chi connectivity index (χ0) is 10.4. The first kappa shape index (κ1) is 12.1. The molecular weight excluding hydrogens is 200 g/mol. The molecule has 0 amide bonds. The monoisotopic (exact) mass is 220 g/mol. The van der Waals surface area contributed by atoms with Gasteiger partial charge in [-0.15, -0.1) is 0 Å². The second kappa shape index (κ2) is 5.82. The lowest BCUT2D eigenvalue weighted by molar-refractivity contribution is 0.115. The van der Waals surface area contributed by atoms with Crippen molar-refractivity contribution in [2.24, 2.45) is 0 Å². The molecule has 0 radical (unpaired) electrons. The van der Waals surface area contributed by atoms with Crippen molar-refractivity contribution in [3.8, 4) is 0 Å². The van der Waals surface area contributed by atoms with Crippen LogP contribution in [0, 0.1) is 0 Å². The highest BCUT2D eigenvalue weighted by molar-refractivity contribution is 6.64. The van der Waals surface area contributed by atoms with E-state index in [9.17, 15) is 9.59 Å². The predicted molar refractivity (Wildman–Crippen MR) is 55.3 cm³/mol. The Balaban J connectivity index is 1.90. The number of hydrogen-bond acceptors (Lipinski definition) is 4. The average Bonchev–Trinajstić information content (AvgIpc) is 2.87. The van der Waals surface area contributed by atoms with Crippen LogP contribution in [0.1, 0.15) is 19.8 Å². The van der Waals surface area contributed by atoms with E-state index in [4.69, 9.17) is 9.47 Å². The third kappa shape index (κ3) is 5.72. The standard InChI is InChI=1S/C9H20O4Si/c1-2-5-14(10,11)6-3-4-12-7-9-8-13-9/h9-11H,2-8H2,1H3. The summed E-state index contributed by atoms with van der Waals surface area (Å²) in [6.07, 6.45) is 1.89. The lowest BCUT2D eigenvalue weighted by Crippen LogP contribution is -2.34. The van der Waals surface area contributed by atoms with Crippen molar-refractivity contribution in [2.45, 2.75) is 38.0 Å². The van der Waals surface area contributed by atoms with Crippen LogP contribution in [0.25, 0.3) is 0 Å². The van der Waals surface area contributed by atoms with Gasteiger partial charge in [0.15, 0.2) is 0 Å². The van der Waals surface area contributed by atoms with E-state index in [1.807, 2.05) is 6.92 Å². The van der Waals surface area contributed by atoms with Crippen LogP contribution in [0.15, 0.2) is 0 Å². The Morgan fingerprint density at radius 1 is 1.43 bits per heavy atom. The molecule has 1 rings (SSSR count). The molecule has 0 aliphatic carbocycles. The Labute approximate surface area is 86.1 Å². The lowest BCUT2D eigenvalue weighted by atomic mass is 10.5. The topological polar surface area (TPSA) is 62.2 Å². The molecular formula is C9H20O4Si. The maximum Gasteiger partial charge on any atom is 0.332 e. The van der Waals surface area contributed by atoms with E-state index in [0.717, 1.165) is 19.4 Å². The third-order valence-corrected chi connectivity index (χ3v) is 4.68. The van der Waals surface area contributed by atoms with Gasteiger partial charge < -0.3 is 19.1 Å². The highest BCUT2D eigenvalue weighted by atomic mass is 28.4. The van der Waals surface area contributed by atoms with Crippen molar-refractivity contribution >= 4 is 8.56 Å². The minimum atomic E-state index is -2.88. The van der Waals surface area contributed by atoms with E-state index in [-0.39, 0.29) is 0 Å². The highest BCUT2D eigenvalue weighted by Crippen LogP contribution is 2.14. The van der Waals surface area contributed by atoms with Gasteiger partial charge in [-0.2, -0.15) is 0 Å². The molecule has 1 saturated heterocycles. The summed E-state index contributed by atoms with van der Waals surface area (Å²) in [6.45, 7) is 4.04. The van der Waals surface area contributed by atoms with Gasteiger partial charge in [-0.1, -0.05) is 13.3 Å². The van der Waals surface area contributed by atoms with Crippen LogP contribution >= 0.6 is 0 Å². The fraction of sp³-hybridized carbons (Fsp3) is 1.00. The smallest absolute Gasteiger partial charge is 0.332 e. The molecule has 0 spiro atoms. The van der Waals surface area contributed by atoms with Crippen LogP contribution in [0.5, 0.6) is 0 Å². The number of rotatable bonds is 8. The normalized spacial score (nSPS) is 21.2. The largest absolute Gasteiger partial charge is 0.411 e. The van der Waals surface area contributed by atoms with E-state index >= 15 is 0 Å². The van der Waals surface area contributed by atoms with Crippen molar-refractivity contribution in [3.63, 3.8) is 0 Å². The second-order valence-electron chi connectivity index (χ2n) is 3.87. The summed E-state index contributed by atoms with van der Waals surface area (Å²) < 4.78 is 10.3. The first-order valence-corrected chi connectivity index (χ1v) is 7.59. The Morgan fingerprint density at radius 2 is 2.14 bits per heavy atom. The van der Waals surface area contributed by atoms with E-state index in [1.165, 1.54) is 0 Å². The molecule has 0 bridgehead atoms. The summed E-state index contributed by atoms with van der Waals surface area (Å²) in [5.74, 6) is 0. The molecule has 0 aromatic heterocycles. The molecule has 14 heavy (non-hydrogen) atoms. The van der Waals surface area contributed by atoms with Crippen molar-refractivity contribution in [2.75, 3.05) is 19.8 Å². The van der Waals surface area contributed by atoms with E-state index in [0.29, 0.717) is 31.4 Å². The van der Waals surface area contributed by atoms with Gasteiger partial charge in [0.25, 0.3) is 0 Å². The quantitative estimate of drug-likeness (QED) is 0.358. The molecule has 1 unspecified atom stereocenters. The maximum atomic E-state index is 9.55. The Kier molecular flexibility index (Phi) is 5.04. The molecule has 1 aliphatic heterocycles. The molecule has 1 fully saturated rings. The van der Waals surface area contributed by atoms with Gasteiger partial charge in [0, 0.05) is 6.61 Å². The summed E-state index contributed by atoms with van der Waals surface area (Å²) >= 11 is 0. The molecule has 0 saturated carbocycles. The molecule has 1 atom stereocenters. The van der Waals surface area contributed by atoms with Crippen LogP contribution in [0.2, 0.25) is 12.1 Å². The summed E-state index contributed by atoms with van der Waals surface area (Å²) in [4.78, 5) is 19.1. The van der Waals surface area contributed by atoms with Gasteiger partial charge in [0.2, 0.25) is 0 Å². The zero-order valence-electron chi connectivity index (χ0n) is 8.74. The number of epoxide rings is 1. The zero-order valence-corrected chi connectivity index (χ0v) is 9.74. The number of ether oxygens (including phenoxy) is 2. The molecule has 0 aromatic rings. The van der Waals surface area contributed by atoms with Gasteiger partial charge in [0.05, 0.1) is 13.2 Å². The van der Waals surface area contributed by atoms with Crippen LogP contribution in [-0.2, 0) is 9.47 Å². The van der Waals surface area contributed by atoms with Crippen LogP contribution < -0.4 is 0 Å². The van der Waals surface area contributed by atoms with Gasteiger partial charge in [-0.05, 0) is 18.5 Å². The third-order valence-electron chi connectivity index (χ3n) is 2.22. The Bertz CT molecular complexity index is 159. The minimum Gasteiger partial charge on any atom is -0.411 e. The summed E-state index contributed by atoms with van der Waals surface area (Å²) in [7, 11) is -2.88. The molecule has 1 heterocycles. The SMILES string of the molecule is CCC[Si](O)(O)CCCOCC1CO1. The molecule has 1 aliphatic rings. The van der Waals surface area contributed by atoms with Gasteiger partial charge in [-0.25, -0.2) is 0 Å². The van der Waals surface area contributed by atoms with E-state index < -0.39 is 8.56 Å². The fourth-order valence-corrected chi connectivity index (χ4v) is 3.12. The molecule has 0 aromatic carbocycles. The minimum absolute atomic E-state index is 0.302. The Morgan fingerprint density at radius 3 is 2.71 bits per heavy atom. The van der Waals surface area contributed by atoms with Crippen LogP contribution in [0.4, 0.5) is 0 Å². The van der Waals surface area contributed by atoms with E-state index in [1.54, 1.807) is 0 Å². The first-order valence-electron chi connectivity index (χ1n) is 5.28. The molecule has 84 valence electrons. The van der Waals surface area contributed by atoms with Gasteiger partial charge >= 0.3 is 8.56 Å². The van der Waals surface area contributed by atoms with Gasteiger partial charge in [-0.3, -0.25) is 0 Å². The molecule has 4 nitrogen and oxygen atoms in total. The average molecular weight is 220 g/mol. The first-order chi connectivity index (χ1) is 6.64. The van der Waals surface area contributed by atoms with Crippen LogP contribution in [0.3, 0.4) is 0 Å². The van der Waals surface area contributed by atoms with Crippen molar-refractivity contribution in [3.05, 3.63) is 0 Å². The Hall–Kier alpha value is 0.0569. The van der Waals surface area contributed by atoms with E-state index in [2.05, 4.69) is 0 Å². The van der Waals surface area contributed by atoms with Crippen molar-refractivity contribution < 1.29 is 19.1 Å². The predicted octanol–water partition coefficient (Wildman–Crippen LogP) is 0.629. The summed E-state index contributed by atoms with van der Waals surface area (Å²) in [6, 6.07) is 1.09. The lowest BCUT2D eigenvalue weighted by Gasteiger charge is -2.16. The maximum absolute atomic E-state index is 9.55. The number of hydrogen-bond donors (Lipinski definition) is 2. The fourth-order valence-electron chi connectivity index (χ4n) is 1.36. The van der Waals surface area contributed by atoms with Crippen LogP contribution in [-0.4, -0.2) is 44.1 Å². The summed E-state index contributed by atoms with van der Waals surface area (Å²) in [5.41, 5.74) is 0.